The second-order valence-electron chi connectivity index (χ2n) is 0.378. The van der Waals surface area contributed by atoms with Gasteiger partial charge in [0.25, 0.3) is 0 Å². The molecule has 5 heavy (non-hydrogen) atoms. The van der Waals surface area contributed by atoms with Gasteiger partial charge in [-0.1, -0.05) is 0 Å². The molecule has 0 N–H and O–H groups in total. The van der Waals surface area contributed by atoms with E-state index in [1.54, 1.807) is 0 Å². The van der Waals surface area contributed by atoms with E-state index >= 15 is 0 Å². The summed E-state index contributed by atoms with van der Waals surface area (Å²) in [4.78, 5) is 0. The Hall–Kier alpha value is 2.93. The fraction of sp³-hybridized carbons (Fsp3) is 0. The third kappa shape index (κ3) is 10.9. The summed E-state index contributed by atoms with van der Waals surface area (Å²) in [7, 11) is 10.8. The summed E-state index contributed by atoms with van der Waals surface area (Å²) in [6.07, 6.45) is 0. The van der Waals surface area contributed by atoms with Gasteiger partial charge in [0.15, 0.2) is 0 Å². The van der Waals surface area contributed by atoms with Crippen LogP contribution in [-0.2, 0) is 36.0 Å². The van der Waals surface area contributed by atoms with Gasteiger partial charge in [-0.3, -0.25) is 0 Å². The summed E-state index contributed by atoms with van der Waals surface area (Å²) in [6.45, 7) is 0. The molecule has 0 saturated carbocycles. The predicted octanol–water partition coefficient (Wildman–Crippen LogP) is 1.95. The average Bonchev–Trinajstić information content (AvgIpc) is 1.37. The van der Waals surface area contributed by atoms with Gasteiger partial charge >= 0.3 is 52.5 Å². The van der Waals surface area contributed by atoms with Crippen molar-refractivity contribution in [3.05, 3.63) is 0 Å². The van der Waals surface area contributed by atoms with Gasteiger partial charge < -0.3 is 0 Å². The van der Waals surface area contributed by atoms with E-state index in [-0.39, 0.29) is 17.0 Å². The van der Waals surface area contributed by atoms with E-state index in [0.29, 0.717) is 0 Å². The van der Waals surface area contributed by atoms with Gasteiger partial charge in [-0.25, -0.2) is 0 Å². The Morgan fingerprint density at radius 3 is 1.20 bits per heavy atom. The maximum atomic E-state index is 5.38. The average molecular weight is 553 g/mol. The molecule has 0 atom stereocenters. The van der Waals surface area contributed by atoms with Crippen LogP contribution in [0.15, 0.2) is 0 Å². The van der Waals surface area contributed by atoms with Crippen LogP contribution < -0.4 is 0 Å². The first-order valence-corrected chi connectivity index (χ1v) is 52.6. The van der Waals surface area contributed by atoms with Gasteiger partial charge in [-0.2, -0.15) is 0 Å². The summed E-state index contributed by atoms with van der Waals surface area (Å²) in [5.41, 5.74) is 0. The van der Waals surface area contributed by atoms with Crippen molar-refractivity contribution >= 4 is 33.5 Å². The molecule has 0 unspecified atom stereocenters. The summed E-state index contributed by atoms with van der Waals surface area (Å²) >= 11 is -1.31. The topological polar surface area (TPSA) is 0 Å². The van der Waals surface area contributed by atoms with Gasteiger partial charge in [-0.05, 0) is 0 Å². The second-order valence-corrected chi connectivity index (χ2v) is 87.3. The number of rotatable bonds is 1. The molecule has 0 aromatic carbocycles. The number of hydrogen-bond donors (Lipinski definition) is 0. The second kappa shape index (κ2) is 10.0. The van der Waals surface area contributed by atoms with E-state index in [1.807, 2.05) is 0 Å². The normalized spacial score (nSPS) is 2.80. The summed E-state index contributed by atoms with van der Waals surface area (Å²) in [5, 5.41) is 0. The molecule has 0 amide bonds. The first-order chi connectivity index (χ1) is 1.91. The molecule has 0 heterocycles. The molecule has 0 radical (unpaired) electrons. The molecule has 26 valence electrons. The molecule has 0 rings (SSSR count). The molecule has 0 aliphatic heterocycles. The van der Waals surface area contributed by atoms with E-state index in [2.05, 4.69) is 0 Å². The van der Waals surface area contributed by atoms with E-state index in [4.69, 9.17) is 16.5 Å². The molecule has 0 fully saturated rings. The molecular formula is HBrCl2Hg2. The van der Waals surface area contributed by atoms with Gasteiger partial charge in [0, 0.05) is 0 Å². The zero-order chi connectivity index (χ0) is 3.41. The molecule has 5 heteroatoms. The number of hydrogen-bond acceptors (Lipinski definition) is 0. The Balaban J connectivity index is 0. The number of halogens is 3. The molecule has 0 nitrogen and oxygen atoms in total. The van der Waals surface area contributed by atoms with Crippen LogP contribution >= 0.6 is 33.5 Å². The van der Waals surface area contributed by atoms with Crippen LogP contribution in [0.2, 0.25) is 0 Å². The fourth-order valence-electron chi connectivity index (χ4n) is 0. The Morgan fingerprint density at radius 2 is 1.20 bits per heavy atom. The van der Waals surface area contributed by atoms with E-state index in [1.165, 1.54) is 0 Å². The SMILES string of the molecule is Br.[Cl][Hg][Hg][Cl]. The standard InChI is InChI=1S/BrH.2ClH.2Hg/h3*1H;;/q;;;2*+1/p-2. The van der Waals surface area contributed by atoms with Gasteiger partial charge in [0.05, 0.1) is 0 Å². The zero-order valence-electron chi connectivity index (χ0n) is 2.58. The van der Waals surface area contributed by atoms with E-state index in [0.717, 1.165) is 0 Å². The quantitative estimate of drug-likeness (QED) is 0.437. The van der Waals surface area contributed by atoms with E-state index in [9.17, 15) is 0 Å². The van der Waals surface area contributed by atoms with Gasteiger partial charge in [-0.15, -0.1) is 17.0 Å². The summed E-state index contributed by atoms with van der Waals surface area (Å²) < 4.78 is 0. The maximum absolute atomic E-state index is 5.38. The van der Waals surface area contributed by atoms with Crippen LogP contribution in [0.4, 0.5) is 0 Å². The first kappa shape index (κ1) is 10.8. The molecule has 0 aromatic rings. The summed E-state index contributed by atoms with van der Waals surface area (Å²) in [5.74, 6) is 0. The van der Waals surface area contributed by atoms with Crippen LogP contribution in [-0.4, -0.2) is 0 Å². The van der Waals surface area contributed by atoms with Crippen LogP contribution in [0.1, 0.15) is 0 Å². The predicted molar refractivity (Wildman–Crippen MR) is 22.0 cm³/mol. The van der Waals surface area contributed by atoms with Gasteiger partial charge in [0.2, 0.25) is 0 Å². The first-order valence-electron chi connectivity index (χ1n) is 1.03. The molecule has 0 aliphatic rings. The van der Waals surface area contributed by atoms with Crippen molar-refractivity contribution in [1.82, 2.24) is 0 Å². The van der Waals surface area contributed by atoms with Crippen molar-refractivity contribution < 1.29 is 36.0 Å². The molecule has 0 spiro atoms. The minimum atomic E-state index is -0.653. The molecule has 0 bridgehead atoms. The van der Waals surface area contributed by atoms with Crippen molar-refractivity contribution in [2.24, 2.45) is 0 Å². The Kier molecular flexibility index (Phi) is 21.7. The van der Waals surface area contributed by atoms with Crippen molar-refractivity contribution in [3.8, 4) is 0 Å². The third-order valence-electron chi connectivity index (χ3n) is 0.0714. The van der Waals surface area contributed by atoms with E-state index < -0.39 is 36.0 Å². The minimum absolute atomic E-state index is 0. The molecular weight excluding hydrogens is 552 g/mol. The Morgan fingerprint density at radius 1 is 1.00 bits per heavy atom. The van der Waals surface area contributed by atoms with Crippen LogP contribution in [0.25, 0.3) is 0 Å². The van der Waals surface area contributed by atoms with Crippen LogP contribution in [0.3, 0.4) is 0 Å². The van der Waals surface area contributed by atoms with Crippen molar-refractivity contribution in [1.29, 1.82) is 0 Å². The molecule has 0 saturated heterocycles. The van der Waals surface area contributed by atoms with Crippen LogP contribution in [0, 0.1) is 0 Å². The molecule has 0 aliphatic carbocycles. The third-order valence-corrected chi connectivity index (χ3v) is 49.5. The summed E-state index contributed by atoms with van der Waals surface area (Å²) in [6, 6.07) is 0. The van der Waals surface area contributed by atoms with Gasteiger partial charge in [0.1, 0.15) is 0 Å². The van der Waals surface area contributed by atoms with Crippen LogP contribution in [0.5, 0.6) is 0 Å². The van der Waals surface area contributed by atoms with Crippen molar-refractivity contribution in [3.63, 3.8) is 0 Å². The van der Waals surface area contributed by atoms with Crippen molar-refractivity contribution in [2.75, 3.05) is 0 Å². The Bertz CT molecular complexity index is 9.61. The zero-order valence-corrected chi connectivity index (χ0v) is 16.8. The Labute approximate surface area is 67.8 Å². The molecule has 0 aromatic heterocycles. The monoisotopic (exact) mass is 554 g/mol. The van der Waals surface area contributed by atoms with Crippen molar-refractivity contribution in [2.45, 2.75) is 0 Å². The fourth-order valence-corrected chi connectivity index (χ4v) is 0.